The lowest BCUT2D eigenvalue weighted by molar-refractivity contribution is 0.371. The summed E-state index contributed by atoms with van der Waals surface area (Å²) in [5, 5.41) is 17.7. The molecule has 2 N–H and O–H groups in total. The first-order chi connectivity index (χ1) is 9.04. The van der Waals surface area contributed by atoms with E-state index in [1.165, 1.54) is 0 Å². The Balaban J connectivity index is 2.19. The lowest BCUT2D eigenvalue weighted by Gasteiger charge is -2.11. The Hall–Kier alpha value is -2.17. The molecular weight excluding hydrogens is 242 g/mol. The van der Waals surface area contributed by atoms with Crippen LogP contribution in [0, 0.1) is 13.8 Å². The van der Waals surface area contributed by atoms with Crippen LogP contribution in [0.1, 0.15) is 17.0 Å². The van der Waals surface area contributed by atoms with Gasteiger partial charge in [-0.05, 0) is 19.9 Å². The smallest absolute Gasteiger partial charge is 0.162 e. The zero-order chi connectivity index (χ0) is 14.0. The highest BCUT2D eigenvalue weighted by atomic mass is 16.5. The van der Waals surface area contributed by atoms with Crippen molar-refractivity contribution in [1.29, 1.82) is 0 Å². The maximum atomic E-state index is 10.0. The highest BCUT2D eigenvalue weighted by Crippen LogP contribution is 2.30. The van der Waals surface area contributed by atoms with Gasteiger partial charge in [-0.15, -0.1) is 0 Å². The van der Waals surface area contributed by atoms with Gasteiger partial charge in [0.15, 0.2) is 11.5 Å². The number of aromatic hydroxyl groups is 1. The summed E-state index contributed by atoms with van der Waals surface area (Å²) < 4.78 is 6.93. The number of aryl methyl sites for hydroxylation is 2. The molecule has 1 aromatic heterocycles. The number of phenols is 1. The van der Waals surface area contributed by atoms with Crippen LogP contribution < -0.4 is 10.1 Å². The van der Waals surface area contributed by atoms with Crippen molar-refractivity contribution in [2.75, 3.05) is 12.4 Å². The molecule has 1 aromatic carbocycles. The van der Waals surface area contributed by atoms with E-state index in [0.717, 1.165) is 22.6 Å². The molecule has 0 radical (unpaired) electrons. The third kappa shape index (κ3) is 2.50. The second-order valence-electron chi connectivity index (χ2n) is 4.49. The average Bonchev–Trinajstić information content (AvgIpc) is 2.63. The van der Waals surface area contributed by atoms with Crippen LogP contribution in [0.25, 0.3) is 0 Å². The molecule has 102 valence electrons. The summed E-state index contributed by atoms with van der Waals surface area (Å²) >= 11 is 0. The molecule has 2 rings (SSSR count). The minimum absolute atomic E-state index is 0.177. The molecule has 0 spiro atoms. The molecule has 1 heterocycles. The second-order valence-corrected chi connectivity index (χ2v) is 4.49. The number of nitrogens with one attached hydrogen (secondary N) is 1. The molecule has 0 unspecified atom stereocenters. The number of benzene rings is 1. The molecule has 0 fully saturated rings. The van der Waals surface area contributed by atoms with Gasteiger partial charge in [0.25, 0.3) is 0 Å². The third-order valence-corrected chi connectivity index (χ3v) is 3.27. The molecule has 0 saturated heterocycles. The standard InChI is InChI=1S/C14H19N3O2/c1-9-13(10(2)17(3)16-9)15-8-11-6-5-7-12(19-4)14(11)18/h5-7,15,18H,8H2,1-4H3. The topological polar surface area (TPSA) is 59.3 Å². The average molecular weight is 261 g/mol. The van der Waals surface area contributed by atoms with E-state index in [2.05, 4.69) is 10.4 Å². The van der Waals surface area contributed by atoms with Gasteiger partial charge < -0.3 is 15.2 Å². The zero-order valence-corrected chi connectivity index (χ0v) is 11.7. The minimum atomic E-state index is 0.177. The van der Waals surface area contributed by atoms with Crippen LogP contribution in [0.4, 0.5) is 5.69 Å². The molecule has 2 aromatic rings. The van der Waals surface area contributed by atoms with Gasteiger partial charge >= 0.3 is 0 Å². The summed E-state index contributed by atoms with van der Waals surface area (Å²) in [4.78, 5) is 0. The van der Waals surface area contributed by atoms with Crippen molar-refractivity contribution < 1.29 is 9.84 Å². The molecule has 0 amide bonds. The number of ether oxygens (including phenoxy) is 1. The Morgan fingerprint density at radius 1 is 1.37 bits per heavy atom. The van der Waals surface area contributed by atoms with Crippen LogP contribution in [0.3, 0.4) is 0 Å². The lowest BCUT2D eigenvalue weighted by atomic mass is 10.1. The van der Waals surface area contributed by atoms with Gasteiger partial charge in [-0.25, -0.2) is 0 Å². The zero-order valence-electron chi connectivity index (χ0n) is 11.7. The normalized spacial score (nSPS) is 10.5. The predicted molar refractivity (Wildman–Crippen MR) is 74.7 cm³/mol. The van der Waals surface area contributed by atoms with Crippen molar-refractivity contribution >= 4 is 5.69 Å². The summed E-state index contributed by atoms with van der Waals surface area (Å²) in [6.07, 6.45) is 0. The van der Waals surface area contributed by atoms with Crippen LogP contribution >= 0.6 is 0 Å². The van der Waals surface area contributed by atoms with Gasteiger partial charge in [-0.3, -0.25) is 4.68 Å². The van der Waals surface area contributed by atoms with Gasteiger partial charge in [-0.2, -0.15) is 5.10 Å². The number of anilines is 1. The van der Waals surface area contributed by atoms with E-state index in [1.54, 1.807) is 13.2 Å². The van der Waals surface area contributed by atoms with Crippen LogP contribution in [-0.2, 0) is 13.6 Å². The first kappa shape index (κ1) is 13.3. The fraction of sp³-hybridized carbons (Fsp3) is 0.357. The van der Waals surface area contributed by atoms with Gasteiger partial charge in [0.05, 0.1) is 24.2 Å². The number of aromatic nitrogens is 2. The molecule has 0 aliphatic carbocycles. The predicted octanol–water partition coefficient (Wildman–Crippen LogP) is 2.36. The molecule has 19 heavy (non-hydrogen) atoms. The van der Waals surface area contributed by atoms with E-state index < -0.39 is 0 Å². The maximum Gasteiger partial charge on any atom is 0.162 e. The lowest BCUT2D eigenvalue weighted by Crippen LogP contribution is -2.02. The number of hydrogen-bond donors (Lipinski definition) is 2. The minimum Gasteiger partial charge on any atom is -0.504 e. The quantitative estimate of drug-likeness (QED) is 0.887. The number of nitrogens with zero attached hydrogens (tertiary/aromatic N) is 2. The molecule has 5 heteroatoms. The Kier molecular flexibility index (Phi) is 3.64. The van der Waals surface area contributed by atoms with E-state index in [9.17, 15) is 5.11 Å². The third-order valence-electron chi connectivity index (χ3n) is 3.27. The summed E-state index contributed by atoms with van der Waals surface area (Å²) in [6.45, 7) is 4.49. The van der Waals surface area contributed by atoms with E-state index in [0.29, 0.717) is 12.3 Å². The van der Waals surface area contributed by atoms with Crippen LogP contribution in [-0.4, -0.2) is 22.0 Å². The van der Waals surface area contributed by atoms with Gasteiger partial charge in [-0.1, -0.05) is 12.1 Å². The number of hydrogen-bond acceptors (Lipinski definition) is 4. The van der Waals surface area contributed by atoms with Gasteiger partial charge in [0, 0.05) is 19.2 Å². The largest absolute Gasteiger partial charge is 0.504 e. The van der Waals surface area contributed by atoms with Crippen molar-refractivity contribution in [2.24, 2.45) is 7.05 Å². The fourth-order valence-corrected chi connectivity index (χ4v) is 2.09. The Morgan fingerprint density at radius 3 is 2.68 bits per heavy atom. The molecule has 0 aliphatic heterocycles. The van der Waals surface area contributed by atoms with Gasteiger partial charge in [0.1, 0.15) is 0 Å². The van der Waals surface area contributed by atoms with Crippen molar-refractivity contribution in [3.05, 3.63) is 35.2 Å². The Morgan fingerprint density at radius 2 is 2.11 bits per heavy atom. The first-order valence-corrected chi connectivity index (χ1v) is 6.13. The summed E-state index contributed by atoms with van der Waals surface area (Å²) in [7, 11) is 3.46. The molecule has 0 bridgehead atoms. The van der Waals surface area contributed by atoms with Crippen molar-refractivity contribution in [3.63, 3.8) is 0 Å². The Bertz CT molecular complexity index is 591. The first-order valence-electron chi connectivity index (χ1n) is 6.13. The van der Waals surface area contributed by atoms with Crippen LogP contribution in [0.2, 0.25) is 0 Å². The van der Waals surface area contributed by atoms with E-state index in [1.807, 2.05) is 37.7 Å². The number of para-hydroxylation sites is 1. The van der Waals surface area contributed by atoms with E-state index in [4.69, 9.17) is 4.74 Å². The van der Waals surface area contributed by atoms with Crippen molar-refractivity contribution in [2.45, 2.75) is 20.4 Å². The van der Waals surface area contributed by atoms with Crippen molar-refractivity contribution in [1.82, 2.24) is 9.78 Å². The van der Waals surface area contributed by atoms with Crippen molar-refractivity contribution in [3.8, 4) is 11.5 Å². The highest BCUT2D eigenvalue weighted by Gasteiger charge is 2.11. The number of rotatable bonds is 4. The highest BCUT2D eigenvalue weighted by molar-refractivity contribution is 5.54. The molecule has 0 atom stereocenters. The fourth-order valence-electron chi connectivity index (χ4n) is 2.09. The van der Waals surface area contributed by atoms with Gasteiger partial charge in [0.2, 0.25) is 0 Å². The molecular formula is C14H19N3O2. The van der Waals surface area contributed by atoms with Crippen LogP contribution in [0.15, 0.2) is 18.2 Å². The molecule has 5 nitrogen and oxygen atoms in total. The second kappa shape index (κ2) is 5.22. The number of phenolic OH excluding ortho intramolecular Hbond substituents is 1. The SMILES string of the molecule is COc1cccc(CNc2c(C)nn(C)c2C)c1O. The molecule has 0 saturated carbocycles. The maximum absolute atomic E-state index is 10.0. The Labute approximate surface area is 112 Å². The monoisotopic (exact) mass is 261 g/mol. The summed E-state index contributed by atoms with van der Waals surface area (Å²) in [5.41, 5.74) is 3.81. The molecule has 0 aliphatic rings. The number of methoxy groups -OCH3 is 1. The summed E-state index contributed by atoms with van der Waals surface area (Å²) in [5.74, 6) is 0.663. The van der Waals surface area contributed by atoms with E-state index >= 15 is 0 Å². The van der Waals surface area contributed by atoms with Crippen LogP contribution in [0.5, 0.6) is 11.5 Å². The summed E-state index contributed by atoms with van der Waals surface area (Å²) in [6, 6.07) is 5.46. The van der Waals surface area contributed by atoms with E-state index in [-0.39, 0.29) is 5.75 Å².